The van der Waals surface area contributed by atoms with Crippen molar-refractivity contribution in [2.75, 3.05) is 11.6 Å². The van der Waals surface area contributed by atoms with Crippen molar-refractivity contribution in [1.82, 2.24) is 9.66 Å². The fraction of sp³-hybridized carbons (Fsp3) is 0.500. The van der Waals surface area contributed by atoms with Gasteiger partial charge in [-0.25, -0.2) is 4.98 Å². The van der Waals surface area contributed by atoms with Crippen LogP contribution < -0.4 is 17.1 Å². The maximum atomic E-state index is 11.2. The molecular formula is C8H14N4O. The Balaban J connectivity index is 3.38. The van der Waals surface area contributed by atoms with E-state index in [1.54, 1.807) is 0 Å². The molecule has 0 aliphatic rings. The van der Waals surface area contributed by atoms with Crippen LogP contribution in [0.25, 0.3) is 0 Å². The van der Waals surface area contributed by atoms with E-state index in [0.29, 0.717) is 5.69 Å². The number of nitrogens with zero attached hydrogens (tertiary/aromatic N) is 2. The van der Waals surface area contributed by atoms with E-state index in [0.717, 1.165) is 4.68 Å². The quantitative estimate of drug-likeness (QED) is 0.546. The van der Waals surface area contributed by atoms with Crippen LogP contribution in [0.2, 0.25) is 0 Å². The molecule has 0 saturated carbocycles. The van der Waals surface area contributed by atoms with E-state index >= 15 is 0 Å². The van der Waals surface area contributed by atoms with Crippen LogP contribution in [0.15, 0.2) is 10.9 Å². The minimum Gasteiger partial charge on any atom is -0.368 e. The maximum Gasteiger partial charge on any atom is 0.273 e. The molecule has 0 saturated heterocycles. The average Bonchev–Trinajstić information content (AvgIpc) is 1.97. The van der Waals surface area contributed by atoms with Crippen molar-refractivity contribution < 1.29 is 0 Å². The minimum atomic E-state index is -0.336. The summed E-state index contributed by atoms with van der Waals surface area (Å²) in [6.45, 7) is 5.86. The van der Waals surface area contributed by atoms with Crippen LogP contribution in [0.1, 0.15) is 26.5 Å². The molecule has 5 heteroatoms. The van der Waals surface area contributed by atoms with Gasteiger partial charge in [-0.2, -0.15) is 4.68 Å². The van der Waals surface area contributed by atoms with Crippen molar-refractivity contribution in [2.24, 2.45) is 0 Å². The molecule has 1 aromatic rings. The number of anilines is 1. The standard InChI is InChI=1S/C8H14N4O/c1-8(2,3)5-4-6(13)12(10)7(9)11-5/h4H,10H2,1-3H3,(H2,9,11). The lowest BCUT2D eigenvalue weighted by Gasteiger charge is -2.17. The Hall–Kier alpha value is -1.52. The molecule has 1 heterocycles. The number of aromatic nitrogens is 2. The van der Waals surface area contributed by atoms with Crippen LogP contribution in [-0.2, 0) is 5.41 Å². The molecule has 0 spiro atoms. The van der Waals surface area contributed by atoms with Crippen LogP contribution in [0.4, 0.5) is 5.95 Å². The topological polar surface area (TPSA) is 86.9 Å². The molecule has 0 aliphatic heterocycles. The number of nitrogen functional groups attached to an aromatic ring is 2. The van der Waals surface area contributed by atoms with Gasteiger partial charge >= 0.3 is 0 Å². The Bertz CT molecular complexity index is 375. The van der Waals surface area contributed by atoms with Crippen molar-refractivity contribution in [2.45, 2.75) is 26.2 Å². The fourth-order valence-corrected chi connectivity index (χ4v) is 0.893. The minimum absolute atomic E-state index is 0.0393. The summed E-state index contributed by atoms with van der Waals surface area (Å²) in [5, 5.41) is 0. The highest BCUT2D eigenvalue weighted by atomic mass is 16.1. The molecule has 72 valence electrons. The summed E-state index contributed by atoms with van der Waals surface area (Å²) >= 11 is 0. The fourth-order valence-electron chi connectivity index (χ4n) is 0.893. The van der Waals surface area contributed by atoms with Crippen molar-refractivity contribution >= 4 is 5.95 Å². The number of hydrogen-bond acceptors (Lipinski definition) is 4. The highest BCUT2D eigenvalue weighted by Gasteiger charge is 2.17. The summed E-state index contributed by atoms with van der Waals surface area (Å²) in [6, 6.07) is 1.40. The third-order valence-corrected chi connectivity index (χ3v) is 1.75. The Kier molecular flexibility index (Phi) is 2.03. The molecular weight excluding hydrogens is 168 g/mol. The number of hydrogen-bond donors (Lipinski definition) is 2. The first-order chi connectivity index (χ1) is 5.82. The monoisotopic (exact) mass is 182 g/mol. The van der Waals surface area contributed by atoms with Crippen LogP contribution in [0.3, 0.4) is 0 Å². The van der Waals surface area contributed by atoms with Crippen molar-refractivity contribution in [3.8, 4) is 0 Å². The van der Waals surface area contributed by atoms with Gasteiger partial charge in [0, 0.05) is 11.5 Å². The lowest BCUT2D eigenvalue weighted by molar-refractivity contribution is 0.564. The smallest absolute Gasteiger partial charge is 0.273 e. The van der Waals surface area contributed by atoms with E-state index in [4.69, 9.17) is 11.6 Å². The molecule has 0 aromatic carbocycles. The first-order valence-electron chi connectivity index (χ1n) is 3.97. The van der Waals surface area contributed by atoms with E-state index in [-0.39, 0.29) is 16.9 Å². The van der Waals surface area contributed by atoms with E-state index in [9.17, 15) is 4.79 Å². The molecule has 13 heavy (non-hydrogen) atoms. The van der Waals surface area contributed by atoms with Crippen LogP contribution >= 0.6 is 0 Å². The summed E-state index contributed by atoms with van der Waals surface area (Å²) in [7, 11) is 0. The summed E-state index contributed by atoms with van der Waals surface area (Å²) in [4.78, 5) is 15.2. The molecule has 0 amide bonds. The predicted molar refractivity (Wildman–Crippen MR) is 51.8 cm³/mol. The van der Waals surface area contributed by atoms with Gasteiger partial charge in [0.15, 0.2) is 0 Å². The number of rotatable bonds is 0. The van der Waals surface area contributed by atoms with E-state index in [2.05, 4.69) is 4.98 Å². The van der Waals surface area contributed by atoms with Crippen LogP contribution in [0.5, 0.6) is 0 Å². The van der Waals surface area contributed by atoms with E-state index in [1.165, 1.54) is 6.07 Å². The third-order valence-electron chi connectivity index (χ3n) is 1.75. The summed E-state index contributed by atoms with van der Waals surface area (Å²) in [6.07, 6.45) is 0. The first-order valence-corrected chi connectivity index (χ1v) is 3.97. The van der Waals surface area contributed by atoms with Gasteiger partial charge < -0.3 is 11.6 Å². The van der Waals surface area contributed by atoms with Crippen molar-refractivity contribution in [3.05, 3.63) is 22.1 Å². The Morgan fingerprint density at radius 2 is 2.00 bits per heavy atom. The molecule has 0 atom stereocenters. The third kappa shape index (κ3) is 1.80. The molecule has 0 radical (unpaired) electrons. The molecule has 1 rings (SSSR count). The molecule has 5 nitrogen and oxygen atoms in total. The van der Waals surface area contributed by atoms with Gasteiger partial charge in [0.1, 0.15) is 0 Å². The maximum absolute atomic E-state index is 11.2. The van der Waals surface area contributed by atoms with Gasteiger partial charge in [0.2, 0.25) is 5.95 Å². The van der Waals surface area contributed by atoms with E-state index < -0.39 is 0 Å². The van der Waals surface area contributed by atoms with Crippen molar-refractivity contribution in [1.29, 1.82) is 0 Å². The van der Waals surface area contributed by atoms with Crippen LogP contribution in [-0.4, -0.2) is 9.66 Å². The van der Waals surface area contributed by atoms with Crippen LogP contribution in [0, 0.1) is 0 Å². The normalized spacial score (nSPS) is 11.6. The Morgan fingerprint density at radius 3 is 2.38 bits per heavy atom. The lowest BCUT2D eigenvalue weighted by atomic mass is 9.92. The number of nitrogens with two attached hydrogens (primary N) is 2. The van der Waals surface area contributed by atoms with Gasteiger partial charge in [-0.1, -0.05) is 20.8 Å². The zero-order valence-electron chi connectivity index (χ0n) is 8.03. The highest BCUT2D eigenvalue weighted by Crippen LogP contribution is 2.18. The molecule has 4 N–H and O–H groups in total. The summed E-state index contributed by atoms with van der Waals surface area (Å²) < 4.78 is 0.829. The zero-order valence-corrected chi connectivity index (χ0v) is 8.03. The molecule has 1 aromatic heterocycles. The SMILES string of the molecule is CC(C)(C)c1cc(=O)n(N)c(N)n1. The van der Waals surface area contributed by atoms with Gasteiger partial charge in [-0.3, -0.25) is 4.79 Å². The van der Waals surface area contributed by atoms with Crippen molar-refractivity contribution in [3.63, 3.8) is 0 Å². The van der Waals surface area contributed by atoms with Gasteiger partial charge in [-0.05, 0) is 0 Å². The van der Waals surface area contributed by atoms with Gasteiger partial charge in [0.25, 0.3) is 5.56 Å². The second-order valence-electron chi connectivity index (χ2n) is 3.96. The molecule has 0 bridgehead atoms. The highest BCUT2D eigenvalue weighted by molar-refractivity contribution is 5.23. The molecule has 0 aliphatic carbocycles. The summed E-state index contributed by atoms with van der Waals surface area (Å²) in [5.41, 5.74) is 5.57. The molecule has 0 fully saturated rings. The van der Waals surface area contributed by atoms with Gasteiger partial charge in [0.05, 0.1) is 5.69 Å². The Labute approximate surface area is 76.4 Å². The average molecular weight is 182 g/mol. The second-order valence-corrected chi connectivity index (χ2v) is 3.96. The Morgan fingerprint density at radius 1 is 1.46 bits per heavy atom. The first kappa shape index (κ1) is 9.57. The predicted octanol–water partition coefficient (Wildman–Crippen LogP) is -0.163. The second kappa shape index (κ2) is 2.76. The summed E-state index contributed by atoms with van der Waals surface area (Å²) in [5.74, 6) is 5.35. The van der Waals surface area contributed by atoms with Gasteiger partial charge in [-0.15, -0.1) is 0 Å². The van der Waals surface area contributed by atoms with E-state index in [1.807, 2.05) is 20.8 Å². The largest absolute Gasteiger partial charge is 0.368 e. The molecule has 0 unspecified atom stereocenters. The lowest BCUT2D eigenvalue weighted by Crippen LogP contribution is -2.32. The zero-order chi connectivity index (χ0) is 10.2.